The van der Waals surface area contributed by atoms with Crippen molar-refractivity contribution >= 4 is 46.6 Å². The van der Waals surface area contributed by atoms with Crippen molar-refractivity contribution in [2.24, 2.45) is 0 Å². The van der Waals surface area contributed by atoms with E-state index >= 15 is 0 Å². The molecule has 1 saturated carbocycles. The van der Waals surface area contributed by atoms with E-state index in [1.807, 2.05) is 42.5 Å². The van der Waals surface area contributed by atoms with E-state index < -0.39 is 24.5 Å². The maximum Gasteiger partial charge on any atom is 0.397 e. The van der Waals surface area contributed by atoms with E-state index in [1.165, 1.54) is 0 Å². The third-order valence-electron chi connectivity index (χ3n) is 8.19. The van der Waals surface area contributed by atoms with Crippen molar-refractivity contribution in [3.05, 3.63) is 93.5 Å². The van der Waals surface area contributed by atoms with E-state index in [-0.39, 0.29) is 37.5 Å². The molecule has 2 N–H and O–H groups in total. The second-order valence-corrected chi connectivity index (χ2v) is 12.8. The Morgan fingerprint density at radius 1 is 1.00 bits per heavy atom. The molecule has 1 heterocycles. The number of amides is 3. The zero-order valence-corrected chi connectivity index (χ0v) is 27.7. The molecule has 3 aromatic carbocycles. The predicted molar refractivity (Wildman–Crippen MR) is 178 cm³/mol. The molecule has 0 bridgehead atoms. The van der Waals surface area contributed by atoms with Gasteiger partial charge < -0.3 is 20.3 Å². The molecule has 13 heteroatoms. The lowest BCUT2D eigenvalue weighted by Gasteiger charge is -2.38. The van der Waals surface area contributed by atoms with Crippen LogP contribution in [0.3, 0.4) is 0 Å². The summed E-state index contributed by atoms with van der Waals surface area (Å²) in [5.41, 5.74) is 3.16. The maximum atomic E-state index is 14.1. The Kier molecular flexibility index (Phi) is 11.9. The predicted octanol–water partition coefficient (Wildman–Crippen LogP) is 6.11. The van der Waals surface area contributed by atoms with Gasteiger partial charge in [-0.15, -0.1) is 0 Å². The Hall–Kier alpha value is -3.80. The largest absolute Gasteiger partial charge is 0.494 e. The second kappa shape index (κ2) is 16.1. The highest BCUT2D eigenvalue weighted by molar-refractivity contribution is 6.31. The fourth-order valence-electron chi connectivity index (χ4n) is 5.68. The first kappa shape index (κ1) is 35.5. The van der Waals surface area contributed by atoms with Gasteiger partial charge >= 0.3 is 6.18 Å². The van der Waals surface area contributed by atoms with Crippen LogP contribution in [0.2, 0.25) is 10.0 Å². The van der Waals surface area contributed by atoms with Crippen LogP contribution in [-0.2, 0) is 33.8 Å². The number of carbonyl (C=O) groups is 3. The van der Waals surface area contributed by atoms with E-state index in [0.717, 1.165) is 36.8 Å². The molecule has 3 aromatic rings. The summed E-state index contributed by atoms with van der Waals surface area (Å²) in [7, 11) is 0. The minimum absolute atomic E-state index is 0.00858. The van der Waals surface area contributed by atoms with Crippen molar-refractivity contribution in [1.29, 1.82) is 0 Å². The Balaban J connectivity index is 1.21. The van der Waals surface area contributed by atoms with Crippen LogP contribution in [0.15, 0.2) is 66.7 Å². The van der Waals surface area contributed by atoms with E-state index in [0.29, 0.717) is 46.6 Å². The minimum atomic E-state index is -4.57. The number of anilines is 1. The number of alkyl halides is 3. The van der Waals surface area contributed by atoms with E-state index in [2.05, 4.69) is 10.6 Å². The van der Waals surface area contributed by atoms with Gasteiger partial charge in [0.2, 0.25) is 17.7 Å². The van der Waals surface area contributed by atoms with Crippen molar-refractivity contribution in [3.63, 3.8) is 0 Å². The molecular formula is C35H37Cl2F3N4O4. The smallest absolute Gasteiger partial charge is 0.397 e. The third-order valence-corrected chi connectivity index (χ3v) is 8.79. The molecule has 2 fully saturated rings. The van der Waals surface area contributed by atoms with Crippen LogP contribution >= 0.6 is 23.2 Å². The molecule has 1 saturated heterocycles. The van der Waals surface area contributed by atoms with Crippen LogP contribution in [0.25, 0.3) is 0 Å². The van der Waals surface area contributed by atoms with Crippen LogP contribution in [0.1, 0.15) is 42.4 Å². The highest BCUT2D eigenvalue weighted by atomic mass is 35.5. The molecule has 1 atom stereocenters. The zero-order valence-electron chi connectivity index (χ0n) is 26.2. The molecule has 1 aliphatic heterocycles. The fourth-order valence-corrected chi connectivity index (χ4v) is 6.04. The average Bonchev–Trinajstić information content (AvgIpc) is 3.88. The molecule has 0 aromatic heterocycles. The van der Waals surface area contributed by atoms with Crippen molar-refractivity contribution in [2.45, 2.75) is 63.3 Å². The highest BCUT2D eigenvalue weighted by Crippen LogP contribution is 2.32. The summed E-state index contributed by atoms with van der Waals surface area (Å²) < 4.78 is 43.2. The molecule has 48 heavy (non-hydrogen) atoms. The molecule has 0 unspecified atom stereocenters. The molecule has 1 aliphatic carbocycles. The molecule has 8 nitrogen and oxygen atoms in total. The normalized spacial score (nSPS) is 16.5. The lowest BCUT2D eigenvalue weighted by molar-refractivity contribution is -0.153. The lowest BCUT2D eigenvalue weighted by Crippen LogP contribution is -2.61. The standard InChI is InChI=1S/C35H37Cl2F3N4O4/c36-26-4-1-5-29(18-26)48-16-2-3-23-6-9-28(10-7-23)44-31(20-41-21-33(44)46)34(47)43(27-11-12-27)22-25-17-24(8-13-30(25)37)14-15-42-32(45)19-35(38,39)40/h1,4-10,13,17-18,27,31,41H,2-3,11-12,14-16,19-22H2,(H,42,45)/t31-/m1/s1. The molecule has 2 aliphatic rings. The molecule has 3 amide bonds. The van der Waals surface area contributed by atoms with Crippen LogP contribution in [-0.4, -0.2) is 67.1 Å². The Morgan fingerprint density at radius 2 is 1.75 bits per heavy atom. The highest BCUT2D eigenvalue weighted by Gasteiger charge is 2.41. The quantitative estimate of drug-likeness (QED) is 0.198. The number of aryl methyl sites for hydroxylation is 1. The Morgan fingerprint density at radius 3 is 2.46 bits per heavy atom. The third kappa shape index (κ3) is 10.1. The van der Waals surface area contributed by atoms with Crippen molar-refractivity contribution in [1.82, 2.24) is 15.5 Å². The van der Waals surface area contributed by atoms with Gasteiger partial charge in [-0.05, 0) is 85.2 Å². The monoisotopic (exact) mass is 704 g/mol. The van der Waals surface area contributed by atoms with Gasteiger partial charge in [-0.3, -0.25) is 19.3 Å². The number of nitrogens with zero attached hydrogens (tertiary/aromatic N) is 2. The van der Waals surface area contributed by atoms with Crippen LogP contribution in [0.4, 0.5) is 18.9 Å². The van der Waals surface area contributed by atoms with Gasteiger partial charge in [0, 0.05) is 41.4 Å². The topological polar surface area (TPSA) is 91.0 Å². The van der Waals surface area contributed by atoms with Gasteiger partial charge in [-0.2, -0.15) is 13.2 Å². The summed E-state index contributed by atoms with van der Waals surface area (Å²) in [6.07, 6.45) is -2.58. The number of piperazine rings is 1. The van der Waals surface area contributed by atoms with Gasteiger partial charge in [0.15, 0.2) is 0 Å². The SMILES string of the molecule is O=C(CC(F)(F)F)NCCc1ccc(Cl)c(CN(C(=O)[C@H]2CNCC(=O)N2c2ccc(CCCOc3cccc(Cl)c3)cc2)C2CC2)c1. The van der Waals surface area contributed by atoms with Crippen molar-refractivity contribution in [2.75, 3.05) is 31.1 Å². The first-order valence-electron chi connectivity index (χ1n) is 15.9. The molecule has 256 valence electrons. The van der Waals surface area contributed by atoms with Gasteiger partial charge in [0.25, 0.3) is 0 Å². The number of rotatable bonds is 14. The van der Waals surface area contributed by atoms with Crippen LogP contribution < -0.4 is 20.3 Å². The zero-order chi connectivity index (χ0) is 34.3. The van der Waals surface area contributed by atoms with Gasteiger partial charge in [-0.1, -0.05) is 53.5 Å². The number of ether oxygens (including phenoxy) is 1. The van der Waals surface area contributed by atoms with Crippen LogP contribution in [0, 0.1) is 0 Å². The summed E-state index contributed by atoms with van der Waals surface area (Å²) in [5.74, 6) is -0.766. The minimum Gasteiger partial charge on any atom is -0.494 e. The first-order chi connectivity index (χ1) is 23.0. The molecule has 0 spiro atoms. The van der Waals surface area contributed by atoms with Gasteiger partial charge in [0.05, 0.1) is 13.2 Å². The number of nitrogens with one attached hydrogen (secondary N) is 2. The number of carbonyl (C=O) groups excluding carboxylic acids is 3. The summed E-state index contributed by atoms with van der Waals surface area (Å²) in [5, 5.41) is 6.43. The van der Waals surface area contributed by atoms with Crippen molar-refractivity contribution in [3.8, 4) is 5.75 Å². The average molecular weight is 706 g/mol. The summed E-state index contributed by atoms with van der Waals surface area (Å²) in [6.45, 7) is 1.18. The van der Waals surface area contributed by atoms with E-state index in [4.69, 9.17) is 27.9 Å². The molecule has 0 radical (unpaired) electrons. The summed E-state index contributed by atoms with van der Waals surface area (Å²) in [6, 6.07) is 19.4. The lowest BCUT2D eigenvalue weighted by atomic mass is 10.0. The molecule has 5 rings (SSSR count). The summed E-state index contributed by atoms with van der Waals surface area (Å²) >= 11 is 12.6. The number of halogens is 5. The summed E-state index contributed by atoms with van der Waals surface area (Å²) in [4.78, 5) is 42.2. The second-order valence-electron chi connectivity index (χ2n) is 12.0. The van der Waals surface area contributed by atoms with Crippen LogP contribution in [0.5, 0.6) is 5.75 Å². The number of hydrogen-bond acceptors (Lipinski definition) is 5. The number of hydrogen-bond donors (Lipinski definition) is 2. The fraction of sp³-hybridized carbons (Fsp3) is 0.400. The Labute approximate surface area is 287 Å². The number of benzene rings is 3. The van der Waals surface area contributed by atoms with E-state index in [1.54, 1.807) is 34.1 Å². The first-order valence-corrected chi connectivity index (χ1v) is 16.6. The van der Waals surface area contributed by atoms with Gasteiger partial charge in [0.1, 0.15) is 18.2 Å². The van der Waals surface area contributed by atoms with Crippen molar-refractivity contribution < 1.29 is 32.3 Å². The van der Waals surface area contributed by atoms with E-state index in [9.17, 15) is 27.6 Å². The Bertz CT molecular complexity index is 1600. The maximum absolute atomic E-state index is 14.1. The molecular weight excluding hydrogens is 668 g/mol. The van der Waals surface area contributed by atoms with Gasteiger partial charge in [-0.25, -0.2) is 0 Å².